The van der Waals surface area contributed by atoms with E-state index in [2.05, 4.69) is 52.7 Å². The highest BCUT2D eigenvalue weighted by molar-refractivity contribution is 9.10. The van der Waals surface area contributed by atoms with Crippen LogP contribution < -0.4 is 4.90 Å². The van der Waals surface area contributed by atoms with Gasteiger partial charge in [-0.1, -0.05) is 6.92 Å². The standard InChI is InChI=1S/C11H17BrN2/c1-4-5-14(9(2)3)11-6-10(12)7-13-8-11/h6-9H,4-5H2,1-3H3. The molecule has 0 fully saturated rings. The minimum absolute atomic E-state index is 0.519. The smallest absolute Gasteiger partial charge is 0.0566 e. The van der Waals surface area contributed by atoms with Crippen molar-refractivity contribution >= 4 is 21.6 Å². The molecule has 0 aliphatic rings. The lowest BCUT2D eigenvalue weighted by Gasteiger charge is -2.28. The number of rotatable bonds is 4. The molecule has 1 aromatic heterocycles. The summed E-state index contributed by atoms with van der Waals surface area (Å²) in [6.45, 7) is 7.68. The molecule has 2 nitrogen and oxygen atoms in total. The Balaban J connectivity index is 2.87. The predicted octanol–water partition coefficient (Wildman–Crippen LogP) is 3.47. The van der Waals surface area contributed by atoms with Crippen LogP contribution in [0.2, 0.25) is 0 Å². The van der Waals surface area contributed by atoms with Gasteiger partial charge in [0.2, 0.25) is 0 Å². The summed E-state index contributed by atoms with van der Waals surface area (Å²) in [4.78, 5) is 6.54. The number of anilines is 1. The number of aromatic nitrogens is 1. The summed E-state index contributed by atoms with van der Waals surface area (Å²) >= 11 is 3.44. The lowest BCUT2D eigenvalue weighted by atomic mass is 10.2. The van der Waals surface area contributed by atoms with Crippen LogP contribution in [0, 0.1) is 0 Å². The van der Waals surface area contributed by atoms with Gasteiger partial charge in [-0.05, 0) is 42.3 Å². The van der Waals surface area contributed by atoms with Gasteiger partial charge < -0.3 is 4.90 Å². The van der Waals surface area contributed by atoms with E-state index in [1.165, 1.54) is 5.69 Å². The second-order valence-electron chi connectivity index (χ2n) is 3.65. The molecule has 0 unspecified atom stereocenters. The fourth-order valence-electron chi connectivity index (χ4n) is 1.48. The summed E-state index contributed by atoms with van der Waals surface area (Å²) in [7, 11) is 0. The van der Waals surface area contributed by atoms with Crippen molar-refractivity contribution in [3.05, 3.63) is 22.9 Å². The Morgan fingerprint density at radius 1 is 1.43 bits per heavy atom. The van der Waals surface area contributed by atoms with E-state index < -0.39 is 0 Å². The highest BCUT2D eigenvalue weighted by Gasteiger charge is 2.09. The van der Waals surface area contributed by atoms with E-state index in [0.29, 0.717) is 6.04 Å². The normalized spacial score (nSPS) is 10.6. The average Bonchev–Trinajstić information content (AvgIpc) is 2.13. The molecular formula is C11H17BrN2. The van der Waals surface area contributed by atoms with Crippen molar-refractivity contribution in [3.8, 4) is 0 Å². The maximum absolute atomic E-state index is 4.18. The summed E-state index contributed by atoms with van der Waals surface area (Å²) in [5.41, 5.74) is 1.19. The van der Waals surface area contributed by atoms with Gasteiger partial charge in [-0.15, -0.1) is 0 Å². The zero-order valence-corrected chi connectivity index (χ0v) is 10.6. The van der Waals surface area contributed by atoms with Gasteiger partial charge in [0.1, 0.15) is 0 Å². The monoisotopic (exact) mass is 256 g/mol. The van der Waals surface area contributed by atoms with Gasteiger partial charge in [-0.25, -0.2) is 0 Å². The van der Waals surface area contributed by atoms with E-state index in [0.717, 1.165) is 17.4 Å². The van der Waals surface area contributed by atoms with Crippen LogP contribution in [-0.4, -0.2) is 17.6 Å². The Labute approximate surface area is 94.5 Å². The van der Waals surface area contributed by atoms with Crippen molar-refractivity contribution in [1.29, 1.82) is 0 Å². The van der Waals surface area contributed by atoms with Crippen LogP contribution in [0.3, 0.4) is 0 Å². The first-order valence-corrected chi connectivity index (χ1v) is 5.81. The Morgan fingerprint density at radius 2 is 2.14 bits per heavy atom. The Hall–Kier alpha value is -0.570. The van der Waals surface area contributed by atoms with E-state index in [1.807, 2.05) is 12.4 Å². The van der Waals surface area contributed by atoms with Crippen LogP contribution in [0.25, 0.3) is 0 Å². The van der Waals surface area contributed by atoms with Crippen molar-refractivity contribution in [2.75, 3.05) is 11.4 Å². The molecule has 1 rings (SSSR count). The van der Waals surface area contributed by atoms with Crippen molar-refractivity contribution in [2.24, 2.45) is 0 Å². The molecule has 1 aromatic rings. The Kier molecular flexibility index (Phi) is 4.39. The van der Waals surface area contributed by atoms with Gasteiger partial charge in [0.25, 0.3) is 0 Å². The molecule has 0 aliphatic carbocycles. The molecular weight excluding hydrogens is 240 g/mol. The van der Waals surface area contributed by atoms with Gasteiger partial charge in [0, 0.05) is 23.3 Å². The molecule has 0 saturated carbocycles. The molecule has 1 heterocycles. The van der Waals surface area contributed by atoms with Gasteiger partial charge in [0.05, 0.1) is 11.9 Å². The van der Waals surface area contributed by atoms with Gasteiger partial charge in [-0.3, -0.25) is 4.98 Å². The molecule has 0 amide bonds. The van der Waals surface area contributed by atoms with Crippen LogP contribution in [0.4, 0.5) is 5.69 Å². The molecule has 0 radical (unpaired) electrons. The predicted molar refractivity (Wildman–Crippen MR) is 64.7 cm³/mol. The molecule has 3 heteroatoms. The summed E-state index contributed by atoms with van der Waals surface area (Å²) < 4.78 is 1.04. The molecule has 0 saturated heterocycles. The molecule has 0 aliphatic heterocycles. The van der Waals surface area contributed by atoms with Gasteiger partial charge in [-0.2, -0.15) is 0 Å². The summed E-state index contributed by atoms with van der Waals surface area (Å²) in [6, 6.07) is 2.63. The second-order valence-corrected chi connectivity index (χ2v) is 4.56. The highest BCUT2D eigenvalue weighted by atomic mass is 79.9. The van der Waals surface area contributed by atoms with Crippen LogP contribution in [0.1, 0.15) is 27.2 Å². The molecule has 0 aromatic carbocycles. The fourth-order valence-corrected chi connectivity index (χ4v) is 1.84. The quantitative estimate of drug-likeness (QED) is 0.821. The molecule has 0 atom stereocenters. The minimum atomic E-state index is 0.519. The number of halogens is 1. The second kappa shape index (κ2) is 5.35. The van der Waals surface area contributed by atoms with Crippen molar-refractivity contribution < 1.29 is 0 Å². The Morgan fingerprint density at radius 3 is 2.64 bits per heavy atom. The van der Waals surface area contributed by atoms with E-state index in [9.17, 15) is 0 Å². The number of nitrogens with zero attached hydrogens (tertiary/aromatic N) is 2. The zero-order valence-electron chi connectivity index (χ0n) is 9.00. The first-order valence-electron chi connectivity index (χ1n) is 5.02. The van der Waals surface area contributed by atoms with Crippen LogP contribution in [-0.2, 0) is 0 Å². The zero-order chi connectivity index (χ0) is 10.6. The molecule has 0 bridgehead atoms. The van der Waals surface area contributed by atoms with Crippen molar-refractivity contribution in [2.45, 2.75) is 33.2 Å². The number of pyridine rings is 1. The maximum atomic E-state index is 4.18. The fraction of sp³-hybridized carbons (Fsp3) is 0.545. The summed E-state index contributed by atoms with van der Waals surface area (Å²) in [5, 5.41) is 0. The first-order chi connectivity index (χ1) is 6.65. The van der Waals surface area contributed by atoms with Crippen LogP contribution >= 0.6 is 15.9 Å². The third-order valence-electron chi connectivity index (χ3n) is 2.11. The third-order valence-corrected chi connectivity index (χ3v) is 2.54. The minimum Gasteiger partial charge on any atom is -0.368 e. The van der Waals surface area contributed by atoms with Crippen molar-refractivity contribution in [3.63, 3.8) is 0 Å². The lowest BCUT2D eigenvalue weighted by molar-refractivity contribution is 0.670. The average molecular weight is 257 g/mol. The van der Waals surface area contributed by atoms with E-state index in [-0.39, 0.29) is 0 Å². The van der Waals surface area contributed by atoms with Gasteiger partial charge in [0.15, 0.2) is 0 Å². The van der Waals surface area contributed by atoms with E-state index >= 15 is 0 Å². The largest absolute Gasteiger partial charge is 0.368 e. The molecule has 0 N–H and O–H groups in total. The number of hydrogen-bond donors (Lipinski definition) is 0. The van der Waals surface area contributed by atoms with E-state index in [4.69, 9.17) is 0 Å². The summed E-state index contributed by atoms with van der Waals surface area (Å²) in [5.74, 6) is 0. The maximum Gasteiger partial charge on any atom is 0.0566 e. The van der Waals surface area contributed by atoms with Crippen LogP contribution in [0.15, 0.2) is 22.9 Å². The molecule has 14 heavy (non-hydrogen) atoms. The third kappa shape index (κ3) is 2.98. The number of hydrogen-bond acceptors (Lipinski definition) is 2. The van der Waals surface area contributed by atoms with Gasteiger partial charge >= 0.3 is 0 Å². The highest BCUT2D eigenvalue weighted by Crippen LogP contribution is 2.20. The molecule has 0 spiro atoms. The summed E-state index contributed by atoms with van der Waals surface area (Å²) in [6.07, 6.45) is 4.89. The topological polar surface area (TPSA) is 16.1 Å². The van der Waals surface area contributed by atoms with Crippen molar-refractivity contribution in [1.82, 2.24) is 4.98 Å². The van der Waals surface area contributed by atoms with Crippen LogP contribution in [0.5, 0.6) is 0 Å². The van der Waals surface area contributed by atoms with E-state index in [1.54, 1.807) is 0 Å². The molecule has 78 valence electrons. The first kappa shape index (κ1) is 11.5. The lowest BCUT2D eigenvalue weighted by Crippen LogP contribution is -2.31. The SMILES string of the molecule is CCCN(c1cncc(Br)c1)C(C)C. The Bertz CT molecular complexity index is 286.